The first-order valence-electron chi connectivity index (χ1n) is 6.40. The number of carbonyl (C=O) groups is 1. The van der Waals surface area contributed by atoms with Crippen LogP contribution in [-0.4, -0.2) is 53.2 Å². The van der Waals surface area contributed by atoms with Crippen molar-refractivity contribution in [3.05, 3.63) is 36.0 Å². The Morgan fingerprint density at radius 2 is 2.00 bits per heavy atom. The molecule has 0 fully saturated rings. The van der Waals surface area contributed by atoms with Gasteiger partial charge in [0.1, 0.15) is 0 Å². The molecule has 0 spiro atoms. The lowest BCUT2D eigenvalue weighted by Crippen LogP contribution is -2.39. The minimum absolute atomic E-state index is 0.201. The third kappa shape index (κ3) is 4.05. The molecule has 2 N–H and O–H groups in total. The molecule has 4 nitrogen and oxygen atoms in total. The zero-order chi connectivity index (χ0) is 15.5. The Morgan fingerprint density at radius 3 is 2.67 bits per heavy atom. The van der Waals surface area contributed by atoms with Crippen LogP contribution in [0.1, 0.15) is 10.4 Å². The van der Waals surface area contributed by atoms with Gasteiger partial charge in [0, 0.05) is 29.2 Å². The van der Waals surface area contributed by atoms with Crippen molar-refractivity contribution >= 4 is 16.7 Å². The van der Waals surface area contributed by atoms with Crippen LogP contribution in [-0.2, 0) is 0 Å². The number of nitrogens with zero attached hydrogens (tertiary/aromatic N) is 1. The van der Waals surface area contributed by atoms with Crippen LogP contribution in [0, 0.1) is 0 Å². The fourth-order valence-electron chi connectivity index (χ4n) is 2.20. The summed E-state index contributed by atoms with van der Waals surface area (Å²) in [4.78, 5) is 16.0. The highest BCUT2D eigenvalue weighted by atomic mass is 19.4. The van der Waals surface area contributed by atoms with Gasteiger partial charge in [-0.05, 0) is 6.07 Å². The molecule has 0 saturated heterocycles. The molecule has 21 heavy (non-hydrogen) atoms. The standard InChI is InChI=1S/C14H15F3N2O2/c15-14(16,17)9-19(5-6-20)8-13(21)11-7-18-12-4-2-1-3-10(11)12/h1-4,7,18,20H,5-6,8-9H2. The van der Waals surface area contributed by atoms with E-state index < -0.39 is 25.1 Å². The van der Waals surface area contributed by atoms with Gasteiger partial charge in [0.15, 0.2) is 5.78 Å². The monoisotopic (exact) mass is 300 g/mol. The van der Waals surface area contributed by atoms with E-state index in [2.05, 4.69) is 4.98 Å². The molecular formula is C14H15F3N2O2. The number of nitrogens with one attached hydrogen (secondary N) is 1. The second-order valence-corrected chi connectivity index (χ2v) is 4.72. The zero-order valence-corrected chi connectivity index (χ0v) is 11.2. The summed E-state index contributed by atoms with van der Waals surface area (Å²) in [6, 6.07) is 7.08. The van der Waals surface area contributed by atoms with Crippen molar-refractivity contribution in [3.8, 4) is 0 Å². The maximum atomic E-state index is 12.4. The Balaban J connectivity index is 2.15. The molecule has 0 bridgehead atoms. The number of hydrogen-bond donors (Lipinski definition) is 2. The van der Waals surface area contributed by atoms with Crippen LogP contribution in [0.15, 0.2) is 30.5 Å². The normalized spacial score (nSPS) is 12.2. The van der Waals surface area contributed by atoms with E-state index in [9.17, 15) is 18.0 Å². The Kier molecular flexibility index (Phi) is 4.64. The van der Waals surface area contributed by atoms with Crippen molar-refractivity contribution in [2.75, 3.05) is 26.2 Å². The lowest BCUT2D eigenvalue weighted by Gasteiger charge is -2.21. The molecule has 114 valence electrons. The van der Waals surface area contributed by atoms with Crippen molar-refractivity contribution in [2.24, 2.45) is 0 Å². The summed E-state index contributed by atoms with van der Waals surface area (Å²) in [5.74, 6) is -0.412. The smallest absolute Gasteiger partial charge is 0.395 e. The fourth-order valence-corrected chi connectivity index (χ4v) is 2.20. The topological polar surface area (TPSA) is 56.3 Å². The summed E-state index contributed by atoms with van der Waals surface area (Å²) in [6.45, 7) is -2.24. The number of aromatic nitrogens is 1. The molecule has 0 amide bonds. The largest absolute Gasteiger partial charge is 0.401 e. The van der Waals surface area contributed by atoms with Gasteiger partial charge < -0.3 is 10.1 Å². The van der Waals surface area contributed by atoms with Crippen molar-refractivity contribution in [3.63, 3.8) is 0 Å². The van der Waals surface area contributed by atoms with Crippen molar-refractivity contribution in [1.29, 1.82) is 0 Å². The van der Waals surface area contributed by atoms with Crippen LogP contribution in [0.4, 0.5) is 13.2 Å². The molecule has 2 aromatic rings. The number of alkyl halides is 3. The van der Waals surface area contributed by atoms with Crippen LogP contribution >= 0.6 is 0 Å². The fraction of sp³-hybridized carbons (Fsp3) is 0.357. The molecule has 0 aliphatic heterocycles. The average Bonchev–Trinajstić information content (AvgIpc) is 2.80. The number of aromatic amines is 1. The van der Waals surface area contributed by atoms with Gasteiger partial charge in [-0.2, -0.15) is 13.2 Å². The molecule has 1 aromatic carbocycles. The summed E-state index contributed by atoms with van der Waals surface area (Å²) in [7, 11) is 0. The Hall–Kier alpha value is -1.86. The number of fused-ring (bicyclic) bond motifs is 1. The molecule has 0 unspecified atom stereocenters. The van der Waals surface area contributed by atoms with Gasteiger partial charge >= 0.3 is 6.18 Å². The highest BCUT2D eigenvalue weighted by Gasteiger charge is 2.31. The molecular weight excluding hydrogens is 285 g/mol. The van der Waals surface area contributed by atoms with Gasteiger partial charge in [-0.15, -0.1) is 0 Å². The second-order valence-electron chi connectivity index (χ2n) is 4.72. The van der Waals surface area contributed by atoms with E-state index >= 15 is 0 Å². The van der Waals surface area contributed by atoms with Gasteiger partial charge in [0.2, 0.25) is 0 Å². The number of aliphatic hydroxyl groups excluding tert-OH is 1. The Morgan fingerprint density at radius 1 is 1.29 bits per heavy atom. The minimum Gasteiger partial charge on any atom is -0.395 e. The van der Waals surface area contributed by atoms with Crippen LogP contribution in [0.2, 0.25) is 0 Å². The third-order valence-electron chi connectivity index (χ3n) is 3.08. The van der Waals surface area contributed by atoms with E-state index in [1.807, 2.05) is 0 Å². The highest BCUT2D eigenvalue weighted by molar-refractivity contribution is 6.08. The summed E-state index contributed by atoms with van der Waals surface area (Å²) in [6.07, 6.45) is -2.91. The number of carbonyl (C=O) groups excluding carboxylic acids is 1. The maximum absolute atomic E-state index is 12.4. The molecule has 2 rings (SSSR count). The number of halogens is 3. The first kappa shape index (κ1) is 15.5. The molecule has 0 aliphatic carbocycles. The summed E-state index contributed by atoms with van der Waals surface area (Å²) in [5, 5.41) is 9.50. The van der Waals surface area contributed by atoms with Crippen molar-refractivity contribution in [1.82, 2.24) is 9.88 Å². The second kappa shape index (κ2) is 6.28. The summed E-state index contributed by atoms with van der Waals surface area (Å²) in [5.41, 5.74) is 1.11. The Bertz CT molecular complexity index is 622. The van der Waals surface area contributed by atoms with E-state index in [4.69, 9.17) is 5.11 Å². The number of para-hydroxylation sites is 1. The maximum Gasteiger partial charge on any atom is 0.401 e. The Labute approximate surface area is 119 Å². The van der Waals surface area contributed by atoms with E-state index in [0.29, 0.717) is 10.9 Å². The van der Waals surface area contributed by atoms with Crippen LogP contribution in [0.25, 0.3) is 10.9 Å². The van der Waals surface area contributed by atoms with E-state index in [-0.39, 0.29) is 13.1 Å². The number of aliphatic hydroxyl groups is 1. The molecule has 7 heteroatoms. The van der Waals surface area contributed by atoms with Gasteiger partial charge in [0.05, 0.1) is 19.7 Å². The number of benzene rings is 1. The van der Waals surface area contributed by atoms with Crippen LogP contribution < -0.4 is 0 Å². The van der Waals surface area contributed by atoms with Gasteiger partial charge in [-0.3, -0.25) is 9.69 Å². The van der Waals surface area contributed by atoms with E-state index in [1.165, 1.54) is 6.20 Å². The number of rotatable bonds is 6. The minimum atomic E-state index is -4.41. The molecule has 0 radical (unpaired) electrons. The molecule has 1 heterocycles. The number of hydrogen-bond acceptors (Lipinski definition) is 3. The number of H-pyrrole nitrogens is 1. The average molecular weight is 300 g/mol. The van der Waals surface area contributed by atoms with Gasteiger partial charge in [0.25, 0.3) is 0 Å². The summed E-state index contributed by atoms with van der Waals surface area (Å²) >= 11 is 0. The molecule has 1 aromatic heterocycles. The van der Waals surface area contributed by atoms with Gasteiger partial charge in [-0.25, -0.2) is 0 Å². The lowest BCUT2D eigenvalue weighted by atomic mass is 10.1. The lowest BCUT2D eigenvalue weighted by molar-refractivity contribution is -0.145. The third-order valence-corrected chi connectivity index (χ3v) is 3.08. The first-order valence-corrected chi connectivity index (χ1v) is 6.40. The predicted octanol–water partition coefficient (Wildman–Crippen LogP) is 2.21. The van der Waals surface area contributed by atoms with Crippen molar-refractivity contribution in [2.45, 2.75) is 6.18 Å². The molecule has 0 saturated carbocycles. The highest BCUT2D eigenvalue weighted by Crippen LogP contribution is 2.20. The number of Topliss-reactive ketones (excluding diaryl/α,β-unsaturated/α-hetero) is 1. The number of ketones is 1. The van der Waals surface area contributed by atoms with E-state index in [0.717, 1.165) is 10.4 Å². The van der Waals surface area contributed by atoms with Gasteiger partial charge in [-0.1, -0.05) is 18.2 Å². The predicted molar refractivity (Wildman–Crippen MR) is 72.2 cm³/mol. The molecule has 0 atom stereocenters. The quantitative estimate of drug-likeness (QED) is 0.804. The summed E-state index contributed by atoms with van der Waals surface area (Å²) < 4.78 is 37.3. The molecule has 0 aliphatic rings. The van der Waals surface area contributed by atoms with Crippen LogP contribution in [0.3, 0.4) is 0 Å². The SMILES string of the molecule is O=C(CN(CCO)CC(F)(F)F)c1c[nH]c2ccccc12. The zero-order valence-electron chi connectivity index (χ0n) is 11.2. The van der Waals surface area contributed by atoms with E-state index in [1.54, 1.807) is 24.3 Å². The van der Waals surface area contributed by atoms with Crippen molar-refractivity contribution < 1.29 is 23.1 Å². The first-order chi connectivity index (χ1) is 9.90. The van der Waals surface area contributed by atoms with Crippen LogP contribution in [0.5, 0.6) is 0 Å².